The maximum absolute atomic E-state index is 11.4. The van der Waals surface area contributed by atoms with Crippen LogP contribution in [0.5, 0.6) is 5.75 Å². The molecule has 0 aliphatic carbocycles. The van der Waals surface area contributed by atoms with E-state index < -0.39 is 0 Å². The molecule has 2 rings (SSSR count). The Balaban J connectivity index is 2.10. The fourth-order valence-corrected chi connectivity index (χ4v) is 2.09. The lowest BCUT2D eigenvalue weighted by Crippen LogP contribution is -2.40. The van der Waals surface area contributed by atoms with E-state index in [1.165, 1.54) is 0 Å². The fourth-order valence-electron chi connectivity index (χ4n) is 2.09. The fraction of sp³-hybridized carbons (Fsp3) is 0.312. The number of rotatable bonds is 5. The molecule has 4 nitrogen and oxygen atoms in total. The molecule has 0 spiro atoms. The van der Waals surface area contributed by atoms with E-state index in [4.69, 9.17) is 4.74 Å². The summed E-state index contributed by atoms with van der Waals surface area (Å²) in [5.74, 6) is 0.854. The molecule has 2 aromatic rings. The minimum absolute atomic E-state index is 0.00414. The van der Waals surface area contributed by atoms with Gasteiger partial charge in [-0.25, -0.2) is 0 Å². The van der Waals surface area contributed by atoms with Gasteiger partial charge in [0, 0.05) is 13.6 Å². The normalized spacial score (nSPS) is 12.2. The van der Waals surface area contributed by atoms with Crippen molar-refractivity contribution in [1.29, 1.82) is 0 Å². The van der Waals surface area contributed by atoms with Crippen LogP contribution < -0.4 is 15.4 Å². The van der Waals surface area contributed by atoms with Gasteiger partial charge >= 0.3 is 0 Å². The number of ether oxygens (including phenoxy) is 1. The number of likely N-dealkylation sites (N-methyl/N-ethyl adjacent to an activating group) is 1. The van der Waals surface area contributed by atoms with Crippen LogP contribution in [0.4, 0.5) is 0 Å². The average Bonchev–Trinajstić information content (AvgIpc) is 2.50. The quantitative estimate of drug-likeness (QED) is 0.876. The molecule has 4 heteroatoms. The van der Waals surface area contributed by atoms with Crippen LogP contribution >= 0.6 is 0 Å². The molecule has 2 N–H and O–H groups in total. The first-order valence-corrected chi connectivity index (χ1v) is 6.65. The molecule has 2 aromatic carbocycles. The first-order valence-electron chi connectivity index (χ1n) is 6.65. The van der Waals surface area contributed by atoms with Crippen LogP contribution in [-0.2, 0) is 11.3 Å². The van der Waals surface area contributed by atoms with Gasteiger partial charge in [-0.05, 0) is 41.5 Å². The van der Waals surface area contributed by atoms with E-state index in [1.807, 2.05) is 25.1 Å². The third kappa shape index (κ3) is 3.27. The van der Waals surface area contributed by atoms with Crippen LogP contribution in [0.2, 0.25) is 0 Å². The summed E-state index contributed by atoms with van der Waals surface area (Å²) >= 11 is 0. The summed E-state index contributed by atoms with van der Waals surface area (Å²) < 4.78 is 5.21. The molecule has 1 unspecified atom stereocenters. The Labute approximate surface area is 119 Å². The summed E-state index contributed by atoms with van der Waals surface area (Å²) in [5, 5.41) is 8.14. The van der Waals surface area contributed by atoms with Gasteiger partial charge in [0.15, 0.2) is 0 Å². The molecule has 0 saturated carbocycles. The van der Waals surface area contributed by atoms with Crippen LogP contribution in [0.3, 0.4) is 0 Å². The van der Waals surface area contributed by atoms with Gasteiger partial charge in [0.25, 0.3) is 0 Å². The molecule has 0 fully saturated rings. The zero-order valence-corrected chi connectivity index (χ0v) is 12.1. The molecular formula is C16H20N2O2. The van der Waals surface area contributed by atoms with Gasteiger partial charge in [-0.1, -0.05) is 18.2 Å². The van der Waals surface area contributed by atoms with E-state index in [0.717, 1.165) is 22.1 Å². The van der Waals surface area contributed by atoms with Crippen molar-refractivity contribution < 1.29 is 9.53 Å². The Morgan fingerprint density at radius 2 is 1.90 bits per heavy atom. The number of methoxy groups -OCH3 is 1. The number of carbonyl (C=O) groups excluding carboxylic acids is 1. The van der Waals surface area contributed by atoms with Gasteiger partial charge in [-0.3, -0.25) is 4.79 Å². The number of hydrogen-bond donors (Lipinski definition) is 2. The van der Waals surface area contributed by atoms with Crippen molar-refractivity contribution in [3.63, 3.8) is 0 Å². The zero-order chi connectivity index (χ0) is 14.5. The highest BCUT2D eigenvalue weighted by Gasteiger charge is 2.09. The van der Waals surface area contributed by atoms with E-state index in [2.05, 4.69) is 28.8 Å². The third-order valence-corrected chi connectivity index (χ3v) is 3.36. The van der Waals surface area contributed by atoms with Gasteiger partial charge in [0.05, 0.1) is 13.2 Å². The van der Waals surface area contributed by atoms with Crippen molar-refractivity contribution in [2.45, 2.75) is 19.5 Å². The Morgan fingerprint density at radius 3 is 2.60 bits per heavy atom. The lowest BCUT2D eigenvalue weighted by molar-refractivity contribution is -0.122. The molecule has 0 aliphatic heterocycles. The molecule has 0 aliphatic rings. The summed E-state index contributed by atoms with van der Waals surface area (Å²) in [6, 6.07) is 12.1. The zero-order valence-electron chi connectivity index (χ0n) is 12.1. The molecule has 0 heterocycles. The molecule has 1 atom stereocenters. The highest BCUT2D eigenvalue weighted by Crippen LogP contribution is 2.21. The number of benzene rings is 2. The number of hydrogen-bond acceptors (Lipinski definition) is 3. The van der Waals surface area contributed by atoms with Crippen molar-refractivity contribution >= 4 is 16.7 Å². The first kappa shape index (κ1) is 14.3. The molecule has 0 bridgehead atoms. The highest BCUT2D eigenvalue weighted by atomic mass is 16.5. The topological polar surface area (TPSA) is 50.4 Å². The average molecular weight is 272 g/mol. The number of amides is 1. The molecule has 20 heavy (non-hydrogen) atoms. The first-order chi connectivity index (χ1) is 9.63. The van der Waals surface area contributed by atoms with Gasteiger partial charge in [0.1, 0.15) is 5.75 Å². The van der Waals surface area contributed by atoms with Crippen molar-refractivity contribution in [3.8, 4) is 5.75 Å². The molecule has 0 saturated heterocycles. The van der Waals surface area contributed by atoms with Crippen molar-refractivity contribution in [1.82, 2.24) is 10.6 Å². The lowest BCUT2D eigenvalue weighted by atomic mass is 10.1. The summed E-state index contributed by atoms with van der Waals surface area (Å²) in [5.41, 5.74) is 1.15. The second-order valence-corrected chi connectivity index (χ2v) is 4.76. The summed E-state index contributed by atoms with van der Waals surface area (Å²) in [7, 11) is 3.31. The SMILES string of the molecule is CNC(=O)C(C)NCc1ccc2cc(OC)ccc2c1. The minimum Gasteiger partial charge on any atom is -0.497 e. The maximum Gasteiger partial charge on any atom is 0.236 e. The summed E-state index contributed by atoms with van der Waals surface area (Å²) in [6.45, 7) is 2.52. The monoisotopic (exact) mass is 272 g/mol. The van der Waals surface area contributed by atoms with E-state index in [-0.39, 0.29) is 11.9 Å². The Morgan fingerprint density at radius 1 is 1.20 bits per heavy atom. The molecule has 1 amide bonds. The van der Waals surface area contributed by atoms with Gasteiger partial charge in [0.2, 0.25) is 5.91 Å². The minimum atomic E-state index is -0.202. The van der Waals surface area contributed by atoms with Crippen molar-refractivity contribution in [2.24, 2.45) is 0 Å². The van der Waals surface area contributed by atoms with Crippen LogP contribution in [-0.4, -0.2) is 26.1 Å². The van der Waals surface area contributed by atoms with Crippen LogP contribution in [0.25, 0.3) is 10.8 Å². The molecule has 106 valence electrons. The Hall–Kier alpha value is -2.07. The van der Waals surface area contributed by atoms with Gasteiger partial charge in [-0.2, -0.15) is 0 Å². The van der Waals surface area contributed by atoms with E-state index in [1.54, 1.807) is 14.2 Å². The van der Waals surface area contributed by atoms with Crippen LogP contribution in [0.15, 0.2) is 36.4 Å². The van der Waals surface area contributed by atoms with Crippen molar-refractivity contribution in [2.75, 3.05) is 14.2 Å². The maximum atomic E-state index is 11.4. The second-order valence-electron chi connectivity index (χ2n) is 4.76. The second kappa shape index (κ2) is 6.39. The highest BCUT2D eigenvalue weighted by molar-refractivity contribution is 5.84. The van der Waals surface area contributed by atoms with E-state index in [0.29, 0.717) is 6.54 Å². The van der Waals surface area contributed by atoms with Crippen LogP contribution in [0, 0.1) is 0 Å². The van der Waals surface area contributed by atoms with Crippen LogP contribution in [0.1, 0.15) is 12.5 Å². The number of nitrogens with one attached hydrogen (secondary N) is 2. The van der Waals surface area contributed by atoms with E-state index >= 15 is 0 Å². The number of carbonyl (C=O) groups is 1. The molecular weight excluding hydrogens is 252 g/mol. The van der Waals surface area contributed by atoms with E-state index in [9.17, 15) is 4.79 Å². The lowest BCUT2D eigenvalue weighted by Gasteiger charge is -2.12. The van der Waals surface area contributed by atoms with Gasteiger partial charge in [-0.15, -0.1) is 0 Å². The molecule has 0 radical (unpaired) electrons. The largest absolute Gasteiger partial charge is 0.497 e. The summed E-state index contributed by atoms with van der Waals surface area (Å²) in [6.07, 6.45) is 0. The molecule has 0 aromatic heterocycles. The predicted octanol–water partition coefficient (Wildman–Crippen LogP) is 2.07. The Bertz CT molecular complexity index is 610. The third-order valence-electron chi connectivity index (χ3n) is 3.36. The van der Waals surface area contributed by atoms with Gasteiger partial charge < -0.3 is 15.4 Å². The van der Waals surface area contributed by atoms with Crippen molar-refractivity contribution in [3.05, 3.63) is 42.0 Å². The Kier molecular flexibility index (Phi) is 4.58. The number of fused-ring (bicyclic) bond motifs is 1. The standard InChI is InChI=1S/C16H20N2O2/c1-11(16(19)17-2)18-10-12-4-5-14-9-15(20-3)7-6-13(14)8-12/h4-9,11,18H,10H2,1-3H3,(H,17,19). The predicted molar refractivity (Wildman–Crippen MR) is 80.9 cm³/mol. The smallest absolute Gasteiger partial charge is 0.236 e. The summed E-state index contributed by atoms with van der Waals surface area (Å²) in [4.78, 5) is 11.4.